The number of fused-ring (bicyclic) bond motifs is 1. The fourth-order valence-electron chi connectivity index (χ4n) is 2.27. The molecule has 0 saturated carbocycles. The molecule has 0 unspecified atom stereocenters. The summed E-state index contributed by atoms with van der Waals surface area (Å²) in [7, 11) is 0. The number of amides is 1. The number of nitrogens with one attached hydrogen (secondary N) is 1. The van der Waals surface area contributed by atoms with Crippen LogP contribution in [-0.2, 0) is 14.3 Å². The fourth-order valence-corrected chi connectivity index (χ4v) is 2.27. The van der Waals surface area contributed by atoms with Crippen LogP contribution < -0.4 is 14.8 Å². The normalized spacial score (nSPS) is 16.5. The maximum absolute atomic E-state index is 13.6. The van der Waals surface area contributed by atoms with Crippen molar-refractivity contribution in [2.24, 2.45) is 0 Å². The summed E-state index contributed by atoms with van der Waals surface area (Å²) in [6.07, 6.45) is -2.28. The van der Waals surface area contributed by atoms with Crippen LogP contribution >= 0.6 is 0 Å². The molecule has 2 atom stereocenters. The van der Waals surface area contributed by atoms with Gasteiger partial charge in [-0.05, 0) is 31.2 Å². The Labute approximate surface area is 147 Å². The van der Waals surface area contributed by atoms with Crippen molar-refractivity contribution in [3.8, 4) is 11.5 Å². The second-order valence-electron chi connectivity index (χ2n) is 5.56. The number of carbonyl (C=O) groups excluding carboxylic acids is 2. The Balaban J connectivity index is 1.59. The van der Waals surface area contributed by atoms with Crippen LogP contribution in [0.5, 0.6) is 11.5 Å². The van der Waals surface area contributed by atoms with Crippen LogP contribution in [0.25, 0.3) is 0 Å². The van der Waals surface area contributed by atoms with Gasteiger partial charge in [-0.1, -0.05) is 12.1 Å². The van der Waals surface area contributed by atoms with Gasteiger partial charge in [0.2, 0.25) is 6.10 Å². The molecule has 1 N–H and O–H groups in total. The number of rotatable bonds is 4. The summed E-state index contributed by atoms with van der Waals surface area (Å²) in [6.45, 7) is 1.24. The third-order valence-electron chi connectivity index (χ3n) is 3.62. The molecule has 136 valence electrons. The van der Waals surface area contributed by atoms with E-state index in [1.807, 2.05) is 0 Å². The Bertz CT molecular complexity index is 842. The monoisotopic (exact) mass is 363 g/mol. The van der Waals surface area contributed by atoms with E-state index in [1.54, 1.807) is 24.3 Å². The largest absolute Gasteiger partial charge is 0.485 e. The molecule has 1 amide bonds. The number of hydrogen-bond acceptors (Lipinski definition) is 5. The molecule has 8 heteroatoms. The van der Waals surface area contributed by atoms with Crippen molar-refractivity contribution < 1.29 is 32.6 Å². The van der Waals surface area contributed by atoms with E-state index in [0.717, 1.165) is 18.2 Å². The first-order chi connectivity index (χ1) is 12.4. The van der Waals surface area contributed by atoms with Crippen molar-refractivity contribution in [1.29, 1.82) is 0 Å². The van der Waals surface area contributed by atoms with E-state index in [0.29, 0.717) is 11.5 Å². The summed E-state index contributed by atoms with van der Waals surface area (Å²) < 4.78 is 42.6. The molecule has 26 heavy (non-hydrogen) atoms. The van der Waals surface area contributed by atoms with Crippen LogP contribution in [0.4, 0.5) is 14.5 Å². The molecule has 0 bridgehead atoms. The predicted octanol–water partition coefficient (Wildman–Crippen LogP) is 2.67. The number of hydrogen-bond donors (Lipinski definition) is 1. The fraction of sp³-hybridized carbons (Fsp3) is 0.222. The third-order valence-corrected chi connectivity index (χ3v) is 3.62. The zero-order valence-corrected chi connectivity index (χ0v) is 13.7. The number of benzene rings is 2. The molecule has 1 aliphatic heterocycles. The summed E-state index contributed by atoms with van der Waals surface area (Å²) in [4.78, 5) is 24.2. The average molecular weight is 363 g/mol. The van der Waals surface area contributed by atoms with Crippen LogP contribution in [0.3, 0.4) is 0 Å². The molecule has 2 aromatic rings. The summed E-state index contributed by atoms with van der Waals surface area (Å²) in [5, 5.41) is 2.17. The summed E-state index contributed by atoms with van der Waals surface area (Å²) in [5.41, 5.74) is -0.343. The van der Waals surface area contributed by atoms with Crippen LogP contribution in [0.2, 0.25) is 0 Å². The number of para-hydroxylation sites is 2. The minimum absolute atomic E-state index is 0.0668. The SMILES string of the molecule is C[C@@H](OC(=O)[C@H]1COc2ccccc2O1)C(=O)Nc1cc(F)ccc1F. The topological polar surface area (TPSA) is 73.9 Å². The molecule has 0 fully saturated rings. The molecule has 6 nitrogen and oxygen atoms in total. The standard InChI is InChI=1S/C18H15F2NO5/c1-10(17(22)21-13-8-11(19)6-7-12(13)20)25-18(23)16-9-24-14-4-2-3-5-15(14)26-16/h2-8,10,16H,9H2,1H3,(H,21,22)/t10-,16-/m1/s1. The van der Waals surface area contributed by atoms with Crippen LogP contribution in [0, 0.1) is 11.6 Å². The van der Waals surface area contributed by atoms with Crippen molar-refractivity contribution in [2.45, 2.75) is 19.1 Å². The Kier molecular flexibility index (Phi) is 5.01. The molecular weight excluding hydrogens is 348 g/mol. The Morgan fingerprint density at radius 3 is 2.69 bits per heavy atom. The number of carbonyl (C=O) groups is 2. The molecule has 0 spiro atoms. The molecule has 0 aromatic heterocycles. The van der Waals surface area contributed by atoms with Gasteiger partial charge in [0.25, 0.3) is 5.91 Å². The van der Waals surface area contributed by atoms with Gasteiger partial charge in [-0.3, -0.25) is 4.79 Å². The highest BCUT2D eigenvalue weighted by molar-refractivity contribution is 5.95. The number of ether oxygens (including phenoxy) is 3. The highest BCUT2D eigenvalue weighted by Gasteiger charge is 2.31. The molecule has 3 rings (SSSR count). The molecule has 0 radical (unpaired) electrons. The molecule has 0 aliphatic carbocycles. The van der Waals surface area contributed by atoms with Gasteiger partial charge in [0.05, 0.1) is 5.69 Å². The zero-order valence-electron chi connectivity index (χ0n) is 13.7. The lowest BCUT2D eigenvalue weighted by atomic mass is 10.2. The molecule has 2 aromatic carbocycles. The van der Waals surface area contributed by atoms with Gasteiger partial charge in [0.1, 0.15) is 18.2 Å². The predicted molar refractivity (Wildman–Crippen MR) is 86.9 cm³/mol. The minimum atomic E-state index is -1.24. The van der Waals surface area contributed by atoms with Gasteiger partial charge in [-0.25, -0.2) is 13.6 Å². The van der Waals surface area contributed by atoms with E-state index in [9.17, 15) is 18.4 Å². The zero-order chi connectivity index (χ0) is 18.7. The van der Waals surface area contributed by atoms with E-state index >= 15 is 0 Å². The van der Waals surface area contributed by atoms with E-state index in [2.05, 4.69) is 5.32 Å². The van der Waals surface area contributed by atoms with Gasteiger partial charge in [-0.2, -0.15) is 0 Å². The second-order valence-corrected chi connectivity index (χ2v) is 5.56. The Morgan fingerprint density at radius 2 is 1.92 bits per heavy atom. The van der Waals surface area contributed by atoms with Crippen LogP contribution in [-0.4, -0.2) is 30.7 Å². The van der Waals surface area contributed by atoms with E-state index in [-0.39, 0.29) is 12.3 Å². The lowest BCUT2D eigenvalue weighted by molar-refractivity contribution is -0.162. The summed E-state index contributed by atoms with van der Waals surface area (Å²) in [6, 6.07) is 9.45. The lowest BCUT2D eigenvalue weighted by Crippen LogP contribution is -2.41. The minimum Gasteiger partial charge on any atom is -0.485 e. The van der Waals surface area contributed by atoms with Crippen molar-refractivity contribution in [2.75, 3.05) is 11.9 Å². The number of anilines is 1. The summed E-state index contributed by atoms with van der Waals surface area (Å²) in [5.74, 6) is -2.23. The van der Waals surface area contributed by atoms with Crippen molar-refractivity contribution in [3.05, 3.63) is 54.1 Å². The lowest BCUT2D eigenvalue weighted by Gasteiger charge is -2.25. The smallest absolute Gasteiger partial charge is 0.351 e. The van der Waals surface area contributed by atoms with Gasteiger partial charge in [0, 0.05) is 6.07 Å². The molecule has 1 aliphatic rings. The van der Waals surface area contributed by atoms with Gasteiger partial charge < -0.3 is 19.5 Å². The van der Waals surface area contributed by atoms with E-state index in [4.69, 9.17) is 14.2 Å². The molecule has 1 heterocycles. The van der Waals surface area contributed by atoms with Crippen molar-refractivity contribution in [3.63, 3.8) is 0 Å². The summed E-state index contributed by atoms with van der Waals surface area (Å²) >= 11 is 0. The van der Waals surface area contributed by atoms with Gasteiger partial charge in [-0.15, -0.1) is 0 Å². The maximum atomic E-state index is 13.6. The highest BCUT2D eigenvalue weighted by Crippen LogP contribution is 2.31. The first-order valence-electron chi connectivity index (χ1n) is 7.79. The first-order valence-corrected chi connectivity index (χ1v) is 7.79. The van der Waals surface area contributed by atoms with Crippen LogP contribution in [0.1, 0.15) is 6.92 Å². The number of esters is 1. The Morgan fingerprint density at radius 1 is 1.19 bits per heavy atom. The molecule has 0 saturated heterocycles. The van der Waals surface area contributed by atoms with Gasteiger partial charge >= 0.3 is 5.97 Å². The Hall–Kier alpha value is -3.16. The quantitative estimate of drug-likeness (QED) is 0.846. The average Bonchev–Trinajstić information content (AvgIpc) is 2.64. The first kappa shape index (κ1) is 17.7. The maximum Gasteiger partial charge on any atom is 0.351 e. The van der Waals surface area contributed by atoms with E-state index < -0.39 is 35.7 Å². The second kappa shape index (κ2) is 7.38. The highest BCUT2D eigenvalue weighted by atomic mass is 19.1. The van der Waals surface area contributed by atoms with Crippen molar-refractivity contribution in [1.82, 2.24) is 0 Å². The van der Waals surface area contributed by atoms with Crippen molar-refractivity contribution >= 4 is 17.6 Å². The third kappa shape index (κ3) is 3.90. The molecular formula is C18H15F2NO5. The van der Waals surface area contributed by atoms with Crippen LogP contribution in [0.15, 0.2) is 42.5 Å². The van der Waals surface area contributed by atoms with Gasteiger partial charge in [0.15, 0.2) is 17.6 Å². The number of halogens is 2. The van der Waals surface area contributed by atoms with E-state index in [1.165, 1.54) is 6.92 Å².